The minimum Gasteiger partial charge on any atom is -0.465 e. The van der Waals surface area contributed by atoms with E-state index < -0.39 is 18.8 Å². The van der Waals surface area contributed by atoms with Crippen molar-refractivity contribution in [1.29, 1.82) is 0 Å². The molecule has 19 heavy (non-hydrogen) atoms. The summed E-state index contributed by atoms with van der Waals surface area (Å²) in [5.41, 5.74) is 0.774. The van der Waals surface area contributed by atoms with Crippen LogP contribution in [-0.4, -0.2) is 30.8 Å². The van der Waals surface area contributed by atoms with Gasteiger partial charge in [0.15, 0.2) is 6.61 Å². The molecule has 2 rings (SSSR count). The molecule has 0 N–H and O–H groups in total. The molecule has 8 heteroatoms. The number of rotatable bonds is 3. The second kappa shape index (κ2) is 5.04. The van der Waals surface area contributed by atoms with E-state index in [-0.39, 0.29) is 5.19 Å². The Balaban J connectivity index is 2.23. The average molecular weight is 291 g/mol. The quantitative estimate of drug-likeness (QED) is 0.816. The van der Waals surface area contributed by atoms with Gasteiger partial charge >= 0.3 is 12.1 Å². The topological polar surface area (TPSA) is 48.4 Å². The highest BCUT2D eigenvalue weighted by atomic mass is 32.1. The zero-order chi connectivity index (χ0) is 14.0. The fourth-order valence-electron chi connectivity index (χ4n) is 1.35. The van der Waals surface area contributed by atoms with Crippen molar-refractivity contribution in [3.63, 3.8) is 0 Å². The summed E-state index contributed by atoms with van der Waals surface area (Å²) >= 11 is 0.939. The molecule has 102 valence electrons. The van der Waals surface area contributed by atoms with Gasteiger partial charge < -0.3 is 9.47 Å². The molecule has 0 fully saturated rings. The maximum absolute atomic E-state index is 12.0. The molecule has 0 aliphatic carbocycles. The van der Waals surface area contributed by atoms with Crippen molar-refractivity contribution in [2.45, 2.75) is 6.18 Å². The second-order valence-electron chi connectivity index (χ2n) is 3.56. The first kappa shape index (κ1) is 13.6. The summed E-state index contributed by atoms with van der Waals surface area (Å²) in [5, 5.41) is -0.0886. The number of carbonyl (C=O) groups excluding carboxylic acids is 1. The van der Waals surface area contributed by atoms with Crippen molar-refractivity contribution in [3.8, 4) is 5.19 Å². The number of fused-ring (bicyclic) bond motifs is 1. The van der Waals surface area contributed by atoms with Gasteiger partial charge in [-0.3, -0.25) is 0 Å². The molecule has 0 aliphatic heterocycles. The van der Waals surface area contributed by atoms with Crippen LogP contribution < -0.4 is 4.74 Å². The van der Waals surface area contributed by atoms with E-state index in [2.05, 4.69) is 14.5 Å². The molecule has 0 radical (unpaired) electrons. The third-order valence-electron chi connectivity index (χ3n) is 2.15. The van der Waals surface area contributed by atoms with Crippen molar-refractivity contribution in [2.24, 2.45) is 0 Å². The standard InChI is InChI=1S/C11H8F3NO3S/c1-17-9(16)6-2-3-7-8(4-6)19-10(15-7)18-5-11(12,13)14/h2-4H,5H2,1H3. The van der Waals surface area contributed by atoms with E-state index >= 15 is 0 Å². The lowest BCUT2D eigenvalue weighted by molar-refractivity contribution is -0.153. The zero-order valence-electron chi connectivity index (χ0n) is 9.65. The van der Waals surface area contributed by atoms with Crippen LogP contribution in [0, 0.1) is 0 Å². The Morgan fingerprint density at radius 1 is 1.42 bits per heavy atom. The molecule has 1 heterocycles. The van der Waals surface area contributed by atoms with E-state index in [9.17, 15) is 18.0 Å². The highest BCUT2D eigenvalue weighted by molar-refractivity contribution is 7.20. The molecular formula is C11H8F3NO3S. The van der Waals surface area contributed by atoms with E-state index in [4.69, 9.17) is 0 Å². The first-order valence-electron chi connectivity index (χ1n) is 5.07. The summed E-state index contributed by atoms with van der Waals surface area (Å²) < 4.78 is 45.7. The number of halogens is 3. The number of carbonyl (C=O) groups is 1. The molecule has 1 aromatic carbocycles. The number of hydrogen-bond acceptors (Lipinski definition) is 5. The third kappa shape index (κ3) is 3.34. The van der Waals surface area contributed by atoms with E-state index in [1.807, 2.05) is 0 Å². The summed E-state index contributed by atoms with van der Waals surface area (Å²) in [6, 6.07) is 4.51. The summed E-state index contributed by atoms with van der Waals surface area (Å²) in [5.74, 6) is -0.520. The van der Waals surface area contributed by atoms with Crippen molar-refractivity contribution in [3.05, 3.63) is 23.8 Å². The monoisotopic (exact) mass is 291 g/mol. The van der Waals surface area contributed by atoms with Crippen molar-refractivity contribution in [2.75, 3.05) is 13.7 Å². The van der Waals surface area contributed by atoms with Crippen molar-refractivity contribution in [1.82, 2.24) is 4.98 Å². The number of esters is 1. The number of thiazole rings is 1. The number of alkyl halides is 3. The zero-order valence-corrected chi connectivity index (χ0v) is 10.5. The molecule has 0 spiro atoms. The molecule has 2 aromatic rings. The van der Waals surface area contributed by atoms with Gasteiger partial charge in [-0.05, 0) is 18.2 Å². The van der Waals surface area contributed by atoms with Gasteiger partial charge in [-0.25, -0.2) is 9.78 Å². The van der Waals surface area contributed by atoms with Gasteiger partial charge in [-0.2, -0.15) is 13.2 Å². The second-order valence-corrected chi connectivity index (χ2v) is 4.55. The number of methoxy groups -OCH3 is 1. The van der Waals surface area contributed by atoms with Gasteiger partial charge in [0.25, 0.3) is 5.19 Å². The molecule has 0 saturated heterocycles. The number of ether oxygens (including phenoxy) is 2. The van der Waals surface area contributed by atoms with Gasteiger partial charge in [-0.15, -0.1) is 0 Å². The molecule has 1 aromatic heterocycles. The Morgan fingerprint density at radius 2 is 2.16 bits per heavy atom. The van der Waals surface area contributed by atoms with E-state index in [0.29, 0.717) is 15.8 Å². The van der Waals surface area contributed by atoms with Crippen LogP contribution in [0.15, 0.2) is 18.2 Å². The fraction of sp³-hybridized carbons (Fsp3) is 0.273. The smallest absolute Gasteiger partial charge is 0.422 e. The highest BCUT2D eigenvalue weighted by Crippen LogP contribution is 2.29. The van der Waals surface area contributed by atoms with Crippen molar-refractivity contribution >= 4 is 27.5 Å². The first-order chi connectivity index (χ1) is 8.89. The largest absolute Gasteiger partial charge is 0.465 e. The van der Waals surface area contributed by atoms with Crippen LogP contribution in [0.1, 0.15) is 10.4 Å². The van der Waals surface area contributed by atoms with Crippen LogP contribution in [0.3, 0.4) is 0 Å². The van der Waals surface area contributed by atoms with Gasteiger partial charge in [-0.1, -0.05) is 11.3 Å². The van der Waals surface area contributed by atoms with Crippen LogP contribution in [0.5, 0.6) is 5.19 Å². The summed E-state index contributed by atoms with van der Waals surface area (Å²) in [6.45, 7) is -1.39. The lowest BCUT2D eigenvalue weighted by atomic mass is 10.2. The minimum atomic E-state index is -4.41. The first-order valence-corrected chi connectivity index (χ1v) is 5.89. The van der Waals surface area contributed by atoms with E-state index in [1.54, 1.807) is 0 Å². The van der Waals surface area contributed by atoms with Gasteiger partial charge in [0.05, 0.1) is 22.9 Å². The molecule has 0 bridgehead atoms. The Labute approximate surface area is 109 Å². The molecule has 0 aliphatic rings. The maximum Gasteiger partial charge on any atom is 0.422 e. The fourth-order valence-corrected chi connectivity index (χ4v) is 2.21. The van der Waals surface area contributed by atoms with Crippen LogP contribution >= 0.6 is 11.3 Å². The lowest BCUT2D eigenvalue weighted by Gasteiger charge is -2.04. The van der Waals surface area contributed by atoms with Crippen LogP contribution in [-0.2, 0) is 4.74 Å². The third-order valence-corrected chi connectivity index (χ3v) is 3.08. The Morgan fingerprint density at radius 3 is 2.79 bits per heavy atom. The maximum atomic E-state index is 12.0. The van der Waals surface area contributed by atoms with Gasteiger partial charge in [0.2, 0.25) is 0 Å². The van der Waals surface area contributed by atoms with Gasteiger partial charge in [0, 0.05) is 0 Å². The molecule has 0 atom stereocenters. The minimum absolute atomic E-state index is 0.0886. The number of nitrogens with zero attached hydrogens (tertiary/aromatic N) is 1. The van der Waals surface area contributed by atoms with Crippen LogP contribution in [0.2, 0.25) is 0 Å². The molecule has 4 nitrogen and oxygen atoms in total. The van der Waals surface area contributed by atoms with Crippen LogP contribution in [0.25, 0.3) is 10.2 Å². The summed E-state index contributed by atoms with van der Waals surface area (Å²) in [7, 11) is 1.25. The van der Waals surface area contributed by atoms with E-state index in [0.717, 1.165) is 11.3 Å². The molecule has 0 saturated carbocycles. The summed E-state index contributed by atoms with van der Waals surface area (Å²) in [6.07, 6.45) is -4.41. The Bertz CT molecular complexity index is 609. The number of hydrogen-bond donors (Lipinski definition) is 0. The highest BCUT2D eigenvalue weighted by Gasteiger charge is 2.29. The van der Waals surface area contributed by atoms with Gasteiger partial charge in [0.1, 0.15) is 0 Å². The predicted octanol–water partition coefficient (Wildman–Crippen LogP) is 3.02. The van der Waals surface area contributed by atoms with E-state index in [1.165, 1.54) is 25.3 Å². The van der Waals surface area contributed by atoms with Crippen molar-refractivity contribution < 1.29 is 27.4 Å². The normalized spacial score (nSPS) is 11.6. The molecular weight excluding hydrogens is 283 g/mol. The predicted molar refractivity (Wildman–Crippen MR) is 62.5 cm³/mol. The molecule has 0 amide bonds. The number of benzene rings is 1. The average Bonchev–Trinajstić information content (AvgIpc) is 2.76. The Kier molecular flexibility index (Phi) is 3.61. The van der Waals surface area contributed by atoms with Crippen LogP contribution in [0.4, 0.5) is 13.2 Å². The number of aromatic nitrogens is 1. The Hall–Kier alpha value is -1.83. The summed E-state index contributed by atoms with van der Waals surface area (Å²) in [4.78, 5) is 15.2. The SMILES string of the molecule is COC(=O)c1ccc2nc(OCC(F)(F)F)sc2c1. The lowest BCUT2D eigenvalue weighted by Crippen LogP contribution is -2.19. The molecule has 0 unspecified atom stereocenters.